The predicted molar refractivity (Wildman–Crippen MR) is 146 cm³/mol. The molecule has 6 N–H and O–H groups in total. The highest BCUT2D eigenvalue weighted by atomic mass is 31.2. The number of rotatable bonds is 10. The fourth-order valence-corrected chi connectivity index (χ4v) is 5.97. The molecule has 16 heteroatoms. The number of benzene rings is 1. The number of fused-ring (bicyclic) bond motifs is 1. The normalized spacial score (nSPS) is 28.1. The van der Waals surface area contributed by atoms with Gasteiger partial charge >= 0.3 is 13.7 Å². The van der Waals surface area contributed by atoms with E-state index in [4.69, 9.17) is 24.3 Å². The second-order valence-electron chi connectivity index (χ2n) is 10.6. The van der Waals surface area contributed by atoms with Gasteiger partial charge in [-0.15, -0.1) is 0 Å². The van der Waals surface area contributed by atoms with Crippen molar-refractivity contribution in [3.8, 4) is 5.75 Å². The van der Waals surface area contributed by atoms with Crippen LogP contribution in [0, 0.1) is 6.92 Å². The average Bonchev–Trinajstić information content (AvgIpc) is 3.42. The van der Waals surface area contributed by atoms with E-state index in [9.17, 15) is 24.4 Å². The number of ether oxygens (including phenoxy) is 2. The summed E-state index contributed by atoms with van der Waals surface area (Å²) in [7, 11) is -2.65. The minimum atomic E-state index is -4.28. The number of anilines is 1. The minimum Gasteiger partial charge on any atom is -0.462 e. The standard InChI is InChI=1S/C25H37N6O9P/c1-13(2)38-22(34)15(4)29-41(36,40-16-9-7-14(3)8-10-16)37-11-17-19(32)25(5,35)23(39-17)31-12-27-18-20(33)28-24(26)30(6)21(18)31/h7-10,12-13,15,17,19,23-24,32,35H,11,26H2,1-6H3,(H,28,33)(H,29,36)/t15?,17?,19-,23?,24?,25-,41?/m1/s1. The number of hydrogen-bond donors (Lipinski definition) is 5. The molecule has 0 spiro atoms. The third-order valence-corrected chi connectivity index (χ3v) is 8.38. The Hall–Kier alpha value is -3.04. The fourth-order valence-electron chi connectivity index (χ4n) is 4.47. The van der Waals surface area contributed by atoms with Gasteiger partial charge in [0.15, 0.2) is 18.2 Å². The number of esters is 1. The predicted octanol–water partition coefficient (Wildman–Crippen LogP) is 0.756. The lowest BCUT2D eigenvalue weighted by atomic mass is 9.96. The summed E-state index contributed by atoms with van der Waals surface area (Å²) in [6.07, 6.45) is -3.94. The molecule has 1 saturated heterocycles. The molecule has 226 valence electrons. The molecule has 5 unspecified atom stereocenters. The molecule has 2 aliphatic rings. The molecular weight excluding hydrogens is 559 g/mol. The number of nitrogens with one attached hydrogen (secondary N) is 2. The maximum absolute atomic E-state index is 13.9. The zero-order valence-corrected chi connectivity index (χ0v) is 24.6. The maximum Gasteiger partial charge on any atom is 0.459 e. The second-order valence-corrected chi connectivity index (χ2v) is 12.3. The number of aliphatic hydroxyl groups excluding tert-OH is 1. The first-order valence-electron chi connectivity index (χ1n) is 13.0. The second kappa shape index (κ2) is 11.7. The van der Waals surface area contributed by atoms with Gasteiger partial charge in [-0.25, -0.2) is 9.55 Å². The number of aliphatic hydroxyl groups is 2. The summed E-state index contributed by atoms with van der Waals surface area (Å²) in [5.74, 6) is -0.704. The zero-order valence-electron chi connectivity index (χ0n) is 23.7. The van der Waals surface area contributed by atoms with Crippen molar-refractivity contribution in [1.82, 2.24) is 20.0 Å². The Morgan fingerprint density at radius 3 is 2.61 bits per heavy atom. The van der Waals surface area contributed by atoms with E-state index in [-0.39, 0.29) is 17.3 Å². The van der Waals surface area contributed by atoms with Gasteiger partial charge in [0.05, 0.1) is 19.0 Å². The molecule has 1 aromatic heterocycles. The van der Waals surface area contributed by atoms with Gasteiger partial charge in [0.1, 0.15) is 35.4 Å². The van der Waals surface area contributed by atoms with Crippen LogP contribution < -0.4 is 25.6 Å². The molecule has 2 aromatic rings. The zero-order chi connectivity index (χ0) is 30.3. The average molecular weight is 597 g/mol. The van der Waals surface area contributed by atoms with Gasteiger partial charge in [0.2, 0.25) is 0 Å². The van der Waals surface area contributed by atoms with Crippen molar-refractivity contribution in [3.05, 3.63) is 41.9 Å². The minimum absolute atomic E-state index is 0.0604. The Morgan fingerprint density at radius 2 is 1.98 bits per heavy atom. The van der Waals surface area contributed by atoms with Crippen LogP contribution in [0.25, 0.3) is 0 Å². The molecule has 4 rings (SSSR count). The van der Waals surface area contributed by atoms with E-state index in [1.165, 1.54) is 29.6 Å². The summed E-state index contributed by atoms with van der Waals surface area (Å²) in [4.78, 5) is 30.5. The molecule has 0 bridgehead atoms. The Labute approximate surface area is 237 Å². The van der Waals surface area contributed by atoms with Crippen molar-refractivity contribution in [2.75, 3.05) is 18.6 Å². The molecule has 3 heterocycles. The molecule has 7 atom stereocenters. The van der Waals surface area contributed by atoms with Gasteiger partial charge in [-0.05, 0) is 46.8 Å². The first kappa shape index (κ1) is 30.9. The summed E-state index contributed by atoms with van der Waals surface area (Å²) in [6.45, 7) is 7.52. The Bertz CT molecular complexity index is 1320. The summed E-state index contributed by atoms with van der Waals surface area (Å²) < 4.78 is 37.8. The number of nitrogens with zero attached hydrogens (tertiary/aromatic N) is 3. The summed E-state index contributed by atoms with van der Waals surface area (Å²) in [5.41, 5.74) is 5.09. The van der Waals surface area contributed by atoms with Crippen LogP contribution in [-0.2, 0) is 23.4 Å². The molecule has 0 aliphatic carbocycles. The topological polar surface area (TPSA) is 200 Å². The largest absolute Gasteiger partial charge is 0.462 e. The summed E-state index contributed by atoms with van der Waals surface area (Å²) in [6, 6.07) is 5.59. The SMILES string of the molecule is Cc1ccc(OP(=O)(NC(C)C(=O)OC(C)C)OCC2OC(n3cnc4c3N(C)C(N)NC4=O)[C@](C)(O)[C@@H]2O)cc1. The Kier molecular flexibility index (Phi) is 8.81. The lowest BCUT2D eigenvalue weighted by Crippen LogP contribution is -2.57. The van der Waals surface area contributed by atoms with Crippen LogP contribution in [0.5, 0.6) is 5.75 Å². The van der Waals surface area contributed by atoms with Crippen LogP contribution in [0.2, 0.25) is 0 Å². The monoisotopic (exact) mass is 596 g/mol. The van der Waals surface area contributed by atoms with Gasteiger partial charge < -0.3 is 34.4 Å². The van der Waals surface area contributed by atoms with Crippen LogP contribution in [0.3, 0.4) is 0 Å². The molecule has 41 heavy (non-hydrogen) atoms. The fraction of sp³-hybridized carbons (Fsp3) is 0.560. The van der Waals surface area contributed by atoms with E-state index in [0.29, 0.717) is 0 Å². The van der Waals surface area contributed by atoms with E-state index in [2.05, 4.69) is 15.4 Å². The van der Waals surface area contributed by atoms with Crippen molar-refractivity contribution >= 4 is 25.4 Å². The van der Waals surface area contributed by atoms with E-state index >= 15 is 0 Å². The van der Waals surface area contributed by atoms with Crippen molar-refractivity contribution in [1.29, 1.82) is 0 Å². The van der Waals surface area contributed by atoms with Gasteiger partial charge in [0, 0.05) is 7.05 Å². The molecule has 1 aromatic carbocycles. The van der Waals surface area contributed by atoms with E-state index in [0.717, 1.165) is 5.56 Å². The third kappa shape index (κ3) is 6.41. The number of aryl methyl sites for hydroxylation is 1. The van der Waals surface area contributed by atoms with Crippen molar-refractivity contribution < 1.29 is 42.9 Å². The van der Waals surface area contributed by atoms with E-state index in [1.807, 2.05) is 6.92 Å². The lowest BCUT2D eigenvalue weighted by molar-refractivity contribution is -0.149. The Morgan fingerprint density at radius 1 is 1.32 bits per heavy atom. The molecule has 0 radical (unpaired) electrons. The van der Waals surface area contributed by atoms with Crippen LogP contribution in [0.1, 0.15) is 50.0 Å². The highest BCUT2D eigenvalue weighted by Crippen LogP contribution is 2.47. The van der Waals surface area contributed by atoms with Gasteiger partial charge in [-0.2, -0.15) is 5.09 Å². The summed E-state index contributed by atoms with van der Waals surface area (Å²) >= 11 is 0. The van der Waals surface area contributed by atoms with Crippen LogP contribution >= 0.6 is 7.75 Å². The highest BCUT2D eigenvalue weighted by Gasteiger charge is 2.55. The Balaban J connectivity index is 1.55. The number of carbonyl (C=O) groups excluding carboxylic acids is 2. The van der Waals surface area contributed by atoms with Gasteiger partial charge in [-0.3, -0.25) is 24.4 Å². The lowest BCUT2D eigenvalue weighted by Gasteiger charge is -2.35. The molecule has 2 aliphatic heterocycles. The van der Waals surface area contributed by atoms with Gasteiger partial charge in [-0.1, -0.05) is 17.7 Å². The molecule has 1 fully saturated rings. The van der Waals surface area contributed by atoms with Crippen LogP contribution in [0.4, 0.5) is 5.82 Å². The third-order valence-electron chi connectivity index (χ3n) is 6.73. The van der Waals surface area contributed by atoms with Crippen LogP contribution in [-0.4, -0.2) is 81.5 Å². The summed E-state index contributed by atoms with van der Waals surface area (Å²) in [5, 5.41) is 27.4. The van der Waals surface area contributed by atoms with Crippen molar-refractivity contribution in [2.45, 2.75) is 77.1 Å². The number of amides is 1. The highest BCUT2D eigenvalue weighted by molar-refractivity contribution is 7.52. The number of aromatic nitrogens is 2. The van der Waals surface area contributed by atoms with E-state index < -0.39 is 68.7 Å². The maximum atomic E-state index is 13.9. The number of hydrogen-bond acceptors (Lipinski definition) is 12. The number of nitrogens with two attached hydrogens (primary N) is 1. The van der Waals surface area contributed by atoms with Crippen LogP contribution in [0.15, 0.2) is 30.6 Å². The number of carbonyl (C=O) groups is 2. The van der Waals surface area contributed by atoms with Gasteiger partial charge in [0.25, 0.3) is 5.91 Å². The molecule has 0 saturated carbocycles. The number of imidazole rings is 1. The smallest absolute Gasteiger partial charge is 0.459 e. The molecule has 15 nitrogen and oxygen atoms in total. The first-order chi connectivity index (χ1) is 19.1. The first-order valence-corrected chi connectivity index (χ1v) is 14.6. The van der Waals surface area contributed by atoms with Crippen molar-refractivity contribution in [2.24, 2.45) is 5.73 Å². The van der Waals surface area contributed by atoms with E-state index in [1.54, 1.807) is 45.2 Å². The molecular formula is C25H37N6O9P. The van der Waals surface area contributed by atoms with Crippen molar-refractivity contribution in [3.63, 3.8) is 0 Å². The molecule has 1 amide bonds. The quantitative estimate of drug-likeness (QED) is 0.190.